The van der Waals surface area contributed by atoms with Crippen LogP contribution in [0.2, 0.25) is 0 Å². The molecule has 0 saturated heterocycles. The molecule has 0 fully saturated rings. The predicted octanol–water partition coefficient (Wildman–Crippen LogP) is 4.24. The maximum atomic E-state index is 12.7. The van der Waals surface area contributed by atoms with Crippen molar-refractivity contribution in [1.29, 1.82) is 0 Å². The molecular formula is C18H15N3O4S2. The third-order valence-electron chi connectivity index (χ3n) is 4.16. The largest absolute Gasteiger partial charge is 0.451 e. The first kappa shape index (κ1) is 17.6. The van der Waals surface area contributed by atoms with Crippen molar-refractivity contribution < 1.29 is 14.1 Å². The highest BCUT2D eigenvalue weighted by Gasteiger charge is 2.23. The lowest BCUT2D eigenvalue weighted by molar-refractivity contribution is 0.0317. The summed E-state index contributed by atoms with van der Waals surface area (Å²) in [6.07, 6.45) is -0.726. The number of aromatic nitrogens is 3. The average molecular weight is 401 g/mol. The number of aryl methyl sites for hydroxylation is 2. The van der Waals surface area contributed by atoms with Crippen molar-refractivity contribution in [2.45, 2.75) is 26.9 Å². The second-order valence-corrected chi connectivity index (χ2v) is 7.81. The zero-order valence-electron chi connectivity index (χ0n) is 14.7. The van der Waals surface area contributed by atoms with Gasteiger partial charge in [-0.05, 0) is 32.2 Å². The number of ether oxygens (including phenoxy) is 1. The van der Waals surface area contributed by atoms with Gasteiger partial charge in [0.05, 0.1) is 11.1 Å². The van der Waals surface area contributed by atoms with Gasteiger partial charge in [0.1, 0.15) is 16.2 Å². The third-order valence-corrected chi connectivity index (χ3v) is 5.93. The number of rotatable bonds is 4. The van der Waals surface area contributed by atoms with Gasteiger partial charge in [-0.25, -0.2) is 9.78 Å². The van der Waals surface area contributed by atoms with Gasteiger partial charge in [0.25, 0.3) is 5.56 Å². The molecular weight excluding hydrogens is 386 g/mol. The van der Waals surface area contributed by atoms with Gasteiger partial charge in [0.2, 0.25) is 0 Å². The summed E-state index contributed by atoms with van der Waals surface area (Å²) in [5, 5.41) is 8.19. The number of H-pyrrole nitrogens is 1. The summed E-state index contributed by atoms with van der Waals surface area (Å²) in [5.74, 6) is 0.125. The quantitative estimate of drug-likeness (QED) is 0.514. The lowest BCUT2D eigenvalue weighted by Gasteiger charge is -2.12. The van der Waals surface area contributed by atoms with E-state index in [4.69, 9.17) is 9.26 Å². The predicted molar refractivity (Wildman–Crippen MR) is 103 cm³/mol. The molecule has 27 heavy (non-hydrogen) atoms. The minimum absolute atomic E-state index is 0.250. The van der Waals surface area contributed by atoms with Gasteiger partial charge in [0.15, 0.2) is 11.9 Å². The maximum Gasteiger partial charge on any atom is 0.344 e. The number of nitrogens with zero attached hydrogens (tertiary/aromatic N) is 2. The zero-order chi connectivity index (χ0) is 19.1. The summed E-state index contributed by atoms with van der Waals surface area (Å²) >= 11 is 2.96. The molecule has 0 spiro atoms. The highest BCUT2D eigenvalue weighted by Crippen LogP contribution is 2.34. The van der Waals surface area contributed by atoms with E-state index in [-0.39, 0.29) is 5.56 Å². The van der Waals surface area contributed by atoms with Crippen molar-refractivity contribution >= 4 is 38.9 Å². The number of carbonyl (C=O) groups excluding carboxylic acids is 1. The van der Waals surface area contributed by atoms with Gasteiger partial charge in [0, 0.05) is 15.8 Å². The lowest BCUT2D eigenvalue weighted by atomic mass is 10.2. The van der Waals surface area contributed by atoms with Gasteiger partial charge in [-0.15, -0.1) is 22.7 Å². The van der Waals surface area contributed by atoms with Crippen LogP contribution in [0.25, 0.3) is 20.7 Å². The molecule has 0 aliphatic carbocycles. The summed E-state index contributed by atoms with van der Waals surface area (Å²) in [7, 11) is 0. The molecule has 0 bridgehead atoms. The molecule has 1 atom stereocenters. The number of nitrogens with one attached hydrogen (secondary N) is 1. The molecule has 0 aromatic carbocycles. The first-order valence-electron chi connectivity index (χ1n) is 8.15. The Hall–Kier alpha value is -2.78. The van der Waals surface area contributed by atoms with Crippen LogP contribution in [0.5, 0.6) is 0 Å². The summed E-state index contributed by atoms with van der Waals surface area (Å²) in [6.45, 7) is 4.97. The van der Waals surface area contributed by atoms with Crippen molar-refractivity contribution in [2.24, 2.45) is 0 Å². The normalized spacial score (nSPS) is 12.4. The summed E-state index contributed by atoms with van der Waals surface area (Å²) < 4.78 is 10.5. The molecule has 0 radical (unpaired) electrons. The van der Waals surface area contributed by atoms with Gasteiger partial charge in [-0.3, -0.25) is 4.79 Å². The van der Waals surface area contributed by atoms with E-state index in [1.807, 2.05) is 22.9 Å². The monoisotopic (exact) mass is 401 g/mol. The highest BCUT2D eigenvalue weighted by atomic mass is 32.1. The molecule has 1 N–H and O–H groups in total. The molecule has 4 aromatic heterocycles. The van der Waals surface area contributed by atoms with Crippen LogP contribution >= 0.6 is 22.7 Å². The molecule has 0 amide bonds. The van der Waals surface area contributed by atoms with Crippen molar-refractivity contribution in [1.82, 2.24) is 15.1 Å². The van der Waals surface area contributed by atoms with Crippen LogP contribution in [-0.2, 0) is 4.74 Å². The van der Waals surface area contributed by atoms with Crippen molar-refractivity contribution in [3.8, 4) is 10.4 Å². The highest BCUT2D eigenvalue weighted by molar-refractivity contribution is 7.18. The number of aromatic amines is 1. The molecule has 0 aliphatic rings. The Morgan fingerprint density at radius 3 is 2.81 bits per heavy atom. The topological polar surface area (TPSA) is 98.1 Å². The van der Waals surface area contributed by atoms with E-state index in [1.54, 1.807) is 32.1 Å². The SMILES string of the molecule is Cc1noc(C)c1C(=O)O[C@H](C)c1nc2scc(-c3cccs3)c2c(=O)[nH]1. The summed E-state index contributed by atoms with van der Waals surface area (Å²) in [4.78, 5) is 33.9. The van der Waals surface area contributed by atoms with Crippen LogP contribution in [0.4, 0.5) is 0 Å². The van der Waals surface area contributed by atoms with E-state index in [1.165, 1.54) is 11.3 Å². The number of hydrogen-bond donors (Lipinski definition) is 1. The number of hydrogen-bond acceptors (Lipinski definition) is 8. The minimum Gasteiger partial charge on any atom is -0.451 e. The van der Waals surface area contributed by atoms with E-state index >= 15 is 0 Å². The van der Waals surface area contributed by atoms with E-state index in [9.17, 15) is 9.59 Å². The first-order chi connectivity index (χ1) is 13.0. The zero-order valence-corrected chi connectivity index (χ0v) is 16.4. The van der Waals surface area contributed by atoms with Gasteiger partial charge < -0.3 is 14.2 Å². The van der Waals surface area contributed by atoms with E-state index in [0.29, 0.717) is 33.1 Å². The van der Waals surface area contributed by atoms with Crippen LogP contribution in [0.15, 0.2) is 32.2 Å². The second kappa shape index (κ2) is 6.75. The molecule has 0 unspecified atom stereocenters. The van der Waals surface area contributed by atoms with E-state index < -0.39 is 12.1 Å². The Labute approximate surface area is 161 Å². The molecule has 4 aromatic rings. The van der Waals surface area contributed by atoms with Crippen molar-refractivity contribution in [2.75, 3.05) is 0 Å². The molecule has 4 heterocycles. The number of esters is 1. The van der Waals surface area contributed by atoms with Crippen molar-refractivity contribution in [3.05, 3.63) is 56.1 Å². The van der Waals surface area contributed by atoms with Crippen LogP contribution in [0, 0.1) is 13.8 Å². The smallest absolute Gasteiger partial charge is 0.344 e. The fourth-order valence-corrected chi connectivity index (χ4v) is 4.59. The molecule has 4 rings (SSSR count). The van der Waals surface area contributed by atoms with Crippen LogP contribution in [0.3, 0.4) is 0 Å². The molecule has 9 heteroatoms. The van der Waals surface area contributed by atoms with Crippen molar-refractivity contribution in [3.63, 3.8) is 0 Å². The Morgan fingerprint density at radius 2 is 2.15 bits per heavy atom. The Morgan fingerprint density at radius 1 is 1.33 bits per heavy atom. The first-order valence-corrected chi connectivity index (χ1v) is 9.90. The summed E-state index contributed by atoms with van der Waals surface area (Å²) in [6, 6.07) is 3.91. The Kier molecular flexibility index (Phi) is 4.40. The number of fused-ring (bicyclic) bond motifs is 1. The van der Waals surface area contributed by atoms with E-state index in [0.717, 1.165) is 10.4 Å². The molecule has 138 valence electrons. The Balaban J connectivity index is 1.66. The number of carbonyl (C=O) groups is 1. The minimum atomic E-state index is -0.726. The fraction of sp³-hybridized carbons (Fsp3) is 0.222. The standard InChI is InChI=1S/C18H15N3O4S2/c1-8-13(9(2)25-21-8)18(23)24-10(3)15-19-16(22)14-11(7-27-17(14)20-15)12-5-4-6-26-12/h4-7,10H,1-3H3,(H,19,20,22)/t10-/m1/s1. The van der Waals surface area contributed by atoms with Gasteiger partial charge in [-0.2, -0.15) is 0 Å². The third kappa shape index (κ3) is 3.08. The second-order valence-electron chi connectivity index (χ2n) is 6.00. The fourth-order valence-electron chi connectivity index (χ4n) is 2.82. The molecule has 0 saturated carbocycles. The summed E-state index contributed by atoms with van der Waals surface area (Å²) in [5.41, 5.74) is 1.37. The lowest BCUT2D eigenvalue weighted by Crippen LogP contribution is -2.17. The van der Waals surface area contributed by atoms with Crippen LogP contribution < -0.4 is 5.56 Å². The van der Waals surface area contributed by atoms with E-state index in [2.05, 4.69) is 15.1 Å². The van der Waals surface area contributed by atoms with Gasteiger partial charge >= 0.3 is 5.97 Å². The maximum absolute atomic E-state index is 12.7. The van der Waals surface area contributed by atoms with Crippen LogP contribution in [0.1, 0.15) is 40.7 Å². The van der Waals surface area contributed by atoms with Crippen LogP contribution in [-0.4, -0.2) is 21.1 Å². The molecule has 0 aliphatic heterocycles. The average Bonchev–Trinajstić information content (AvgIpc) is 3.34. The number of thiophene rings is 2. The Bertz CT molecular complexity index is 1170. The van der Waals surface area contributed by atoms with Gasteiger partial charge in [-0.1, -0.05) is 11.2 Å². The molecule has 7 nitrogen and oxygen atoms in total.